The van der Waals surface area contributed by atoms with Gasteiger partial charge in [0.15, 0.2) is 0 Å². The highest BCUT2D eigenvalue weighted by atomic mass is 35.5. The van der Waals surface area contributed by atoms with Crippen LogP contribution < -0.4 is 5.32 Å². The second-order valence-corrected chi connectivity index (χ2v) is 5.67. The average Bonchev–Trinajstić information content (AvgIpc) is 2.25. The summed E-state index contributed by atoms with van der Waals surface area (Å²) in [4.78, 5) is 16.3. The van der Waals surface area contributed by atoms with Crippen molar-refractivity contribution in [2.24, 2.45) is 0 Å². The molecule has 0 aliphatic heterocycles. The van der Waals surface area contributed by atoms with E-state index in [0.717, 1.165) is 10.9 Å². The Morgan fingerprint density at radius 2 is 1.89 bits per heavy atom. The number of benzene rings is 1. The zero-order chi connectivity index (χ0) is 13.3. The van der Waals surface area contributed by atoms with Gasteiger partial charge in [0.2, 0.25) is 0 Å². The second kappa shape index (κ2) is 4.58. The van der Waals surface area contributed by atoms with Crippen molar-refractivity contribution in [3.63, 3.8) is 0 Å². The summed E-state index contributed by atoms with van der Waals surface area (Å²) >= 11 is 5.92. The molecular formula is C14H15ClN2O. The molecule has 0 spiro atoms. The predicted molar refractivity (Wildman–Crippen MR) is 74.0 cm³/mol. The number of amides is 1. The topological polar surface area (TPSA) is 42.0 Å². The van der Waals surface area contributed by atoms with Crippen molar-refractivity contribution >= 4 is 28.4 Å². The number of carbonyl (C=O) groups excluding carboxylic acids is 1. The summed E-state index contributed by atoms with van der Waals surface area (Å²) in [6.07, 6.45) is 0. The molecule has 0 aliphatic rings. The molecular weight excluding hydrogens is 248 g/mol. The van der Waals surface area contributed by atoms with Crippen LogP contribution in [0, 0.1) is 0 Å². The van der Waals surface area contributed by atoms with E-state index in [1.165, 1.54) is 0 Å². The van der Waals surface area contributed by atoms with Crippen molar-refractivity contribution in [1.29, 1.82) is 0 Å². The lowest BCUT2D eigenvalue weighted by atomic mass is 10.1. The van der Waals surface area contributed by atoms with E-state index in [0.29, 0.717) is 10.7 Å². The number of rotatable bonds is 1. The van der Waals surface area contributed by atoms with Gasteiger partial charge in [-0.25, -0.2) is 4.98 Å². The molecule has 4 heteroatoms. The highest BCUT2D eigenvalue weighted by Gasteiger charge is 2.16. The van der Waals surface area contributed by atoms with E-state index in [1.54, 1.807) is 18.2 Å². The lowest BCUT2D eigenvalue weighted by Crippen LogP contribution is -2.40. The summed E-state index contributed by atoms with van der Waals surface area (Å²) < 4.78 is 0. The molecule has 0 atom stereocenters. The summed E-state index contributed by atoms with van der Waals surface area (Å²) in [5.74, 6) is -0.177. The van der Waals surface area contributed by atoms with Gasteiger partial charge in [0, 0.05) is 15.9 Å². The van der Waals surface area contributed by atoms with Crippen molar-refractivity contribution in [1.82, 2.24) is 10.3 Å². The number of halogens is 1. The van der Waals surface area contributed by atoms with Gasteiger partial charge < -0.3 is 5.32 Å². The number of nitrogens with zero attached hydrogens (tertiary/aromatic N) is 1. The maximum Gasteiger partial charge on any atom is 0.270 e. The molecule has 1 aromatic carbocycles. The van der Waals surface area contributed by atoms with Crippen molar-refractivity contribution < 1.29 is 4.79 Å². The van der Waals surface area contributed by atoms with Gasteiger partial charge in [-0.2, -0.15) is 0 Å². The first kappa shape index (κ1) is 12.8. The van der Waals surface area contributed by atoms with E-state index >= 15 is 0 Å². The first-order chi connectivity index (χ1) is 8.35. The Balaban J connectivity index is 2.37. The quantitative estimate of drug-likeness (QED) is 0.856. The van der Waals surface area contributed by atoms with Crippen LogP contribution in [0.4, 0.5) is 0 Å². The van der Waals surface area contributed by atoms with Crippen LogP contribution in [0.2, 0.25) is 5.02 Å². The molecule has 0 saturated carbocycles. The van der Waals surface area contributed by atoms with Crippen LogP contribution in [-0.4, -0.2) is 16.4 Å². The molecule has 3 nitrogen and oxygen atoms in total. The zero-order valence-electron chi connectivity index (χ0n) is 10.6. The Labute approximate surface area is 111 Å². The number of pyridine rings is 1. The Hall–Kier alpha value is -1.61. The fraction of sp³-hybridized carbons (Fsp3) is 0.286. The van der Waals surface area contributed by atoms with Crippen LogP contribution in [0.15, 0.2) is 30.3 Å². The highest BCUT2D eigenvalue weighted by Crippen LogP contribution is 2.18. The Kier molecular flexibility index (Phi) is 3.26. The molecule has 18 heavy (non-hydrogen) atoms. The molecule has 0 bridgehead atoms. The third kappa shape index (κ3) is 2.99. The molecule has 1 heterocycles. The number of fused-ring (bicyclic) bond motifs is 1. The van der Waals surface area contributed by atoms with E-state index in [9.17, 15) is 4.79 Å². The molecule has 0 saturated heterocycles. The summed E-state index contributed by atoms with van der Waals surface area (Å²) in [5, 5.41) is 4.46. The van der Waals surface area contributed by atoms with Gasteiger partial charge in [0.25, 0.3) is 5.91 Å². The fourth-order valence-electron chi connectivity index (χ4n) is 1.62. The summed E-state index contributed by atoms with van der Waals surface area (Å²) in [6, 6.07) is 9.04. The smallest absolute Gasteiger partial charge is 0.270 e. The van der Waals surface area contributed by atoms with Crippen molar-refractivity contribution in [3.05, 3.63) is 41.0 Å². The van der Waals surface area contributed by atoms with E-state index in [-0.39, 0.29) is 11.4 Å². The van der Waals surface area contributed by atoms with Gasteiger partial charge in [-0.15, -0.1) is 0 Å². The largest absolute Gasteiger partial charge is 0.346 e. The molecule has 0 aliphatic carbocycles. The molecule has 94 valence electrons. The van der Waals surface area contributed by atoms with Crippen LogP contribution >= 0.6 is 11.6 Å². The van der Waals surface area contributed by atoms with Gasteiger partial charge >= 0.3 is 0 Å². The number of hydrogen-bond acceptors (Lipinski definition) is 2. The van der Waals surface area contributed by atoms with E-state index < -0.39 is 0 Å². The van der Waals surface area contributed by atoms with Crippen LogP contribution in [0.1, 0.15) is 31.3 Å². The minimum atomic E-state index is -0.276. The first-order valence-corrected chi connectivity index (χ1v) is 6.12. The number of aromatic nitrogens is 1. The third-order valence-electron chi connectivity index (χ3n) is 2.38. The molecule has 1 aromatic heterocycles. The number of hydrogen-bond donors (Lipinski definition) is 1. The van der Waals surface area contributed by atoms with Gasteiger partial charge in [-0.3, -0.25) is 4.79 Å². The third-order valence-corrected chi connectivity index (χ3v) is 2.61. The molecule has 2 aromatic rings. The summed E-state index contributed by atoms with van der Waals surface area (Å²) in [7, 11) is 0. The van der Waals surface area contributed by atoms with E-state index in [4.69, 9.17) is 11.6 Å². The van der Waals surface area contributed by atoms with Gasteiger partial charge in [-0.05, 0) is 39.0 Å². The first-order valence-electron chi connectivity index (χ1n) is 5.74. The molecule has 0 unspecified atom stereocenters. The highest BCUT2D eigenvalue weighted by molar-refractivity contribution is 6.31. The van der Waals surface area contributed by atoms with Gasteiger partial charge in [0.05, 0.1) is 5.52 Å². The van der Waals surface area contributed by atoms with Gasteiger partial charge in [-0.1, -0.05) is 23.7 Å². The monoisotopic (exact) mass is 262 g/mol. The maximum absolute atomic E-state index is 12.0. The SMILES string of the molecule is CC(C)(C)NC(=O)c1ccc2ccc(Cl)cc2n1. The molecule has 0 fully saturated rings. The standard InChI is InChI=1S/C14H15ClN2O/c1-14(2,3)17-13(18)11-7-5-9-4-6-10(15)8-12(9)16-11/h4-8H,1-3H3,(H,17,18). The number of nitrogens with one attached hydrogen (secondary N) is 1. The molecule has 2 rings (SSSR count). The van der Waals surface area contributed by atoms with Crippen molar-refractivity contribution in [3.8, 4) is 0 Å². The Bertz CT molecular complexity index is 602. The Morgan fingerprint density at radius 3 is 2.56 bits per heavy atom. The minimum Gasteiger partial charge on any atom is -0.346 e. The number of carbonyl (C=O) groups is 1. The van der Waals surface area contributed by atoms with Crippen LogP contribution in [0.5, 0.6) is 0 Å². The minimum absolute atomic E-state index is 0.177. The normalized spacial score (nSPS) is 11.6. The second-order valence-electron chi connectivity index (χ2n) is 5.24. The van der Waals surface area contributed by atoms with Crippen molar-refractivity contribution in [2.75, 3.05) is 0 Å². The lowest BCUT2D eigenvalue weighted by Gasteiger charge is -2.20. The molecule has 0 radical (unpaired) electrons. The fourth-order valence-corrected chi connectivity index (χ4v) is 1.79. The van der Waals surface area contributed by atoms with Crippen molar-refractivity contribution in [2.45, 2.75) is 26.3 Å². The summed E-state index contributed by atoms with van der Waals surface area (Å²) in [6.45, 7) is 5.80. The maximum atomic E-state index is 12.0. The van der Waals surface area contributed by atoms with Crippen LogP contribution in [-0.2, 0) is 0 Å². The van der Waals surface area contributed by atoms with E-state index in [1.807, 2.05) is 32.9 Å². The van der Waals surface area contributed by atoms with E-state index in [2.05, 4.69) is 10.3 Å². The zero-order valence-corrected chi connectivity index (χ0v) is 11.4. The molecule has 1 N–H and O–H groups in total. The lowest BCUT2D eigenvalue weighted by molar-refractivity contribution is 0.0915. The van der Waals surface area contributed by atoms with Gasteiger partial charge in [0.1, 0.15) is 5.69 Å². The predicted octanol–water partition coefficient (Wildman–Crippen LogP) is 3.42. The average molecular weight is 263 g/mol. The Morgan fingerprint density at radius 1 is 1.22 bits per heavy atom. The van der Waals surface area contributed by atoms with Crippen LogP contribution in [0.3, 0.4) is 0 Å². The van der Waals surface area contributed by atoms with Crippen LogP contribution in [0.25, 0.3) is 10.9 Å². The molecule has 1 amide bonds. The summed E-state index contributed by atoms with van der Waals surface area (Å²) in [5.41, 5.74) is 0.853.